The van der Waals surface area contributed by atoms with Crippen molar-refractivity contribution < 1.29 is 28.4 Å². The number of hydrogen-bond acceptors (Lipinski definition) is 5. The second-order valence-corrected chi connectivity index (χ2v) is 7.79. The molecule has 9 heteroatoms. The molecule has 0 bridgehead atoms. The minimum absolute atomic E-state index is 0.235. The van der Waals surface area contributed by atoms with Crippen molar-refractivity contribution in [1.82, 2.24) is 5.32 Å². The lowest BCUT2D eigenvalue weighted by Crippen LogP contribution is -2.46. The Kier molecular flexibility index (Phi) is 7.60. The van der Waals surface area contributed by atoms with E-state index in [1.54, 1.807) is 20.8 Å². The molecule has 0 spiro atoms. The van der Waals surface area contributed by atoms with Crippen LogP contribution in [0.25, 0.3) is 0 Å². The van der Waals surface area contributed by atoms with Crippen LogP contribution in [0.15, 0.2) is 0 Å². The Hall–Kier alpha value is -0.395. The molecule has 2 unspecified atom stereocenters. The van der Waals surface area contributed by atoms with Crippen molar-refractivity contribution in [3.63, 3.8) is 0 Å². The molecule has 0 rings (SSSR count). The van der Waals surface area contributed by atoms with Gasteiger partial charge < -0.3 is 15.3 Å². The molecule has 1 amide bonds. The molecule has 0 aromatic heterocycles. The Labute approximate surface area is 127 Å². The van der Waals surface area contributed by atoms with E-state index in [9.17, 15) is 19.4 Å². The fourth-order valence-electron chi connectivity index (χ4n) is 1.35. The fourth-order valence-corrected chi connectivity index (χ4v) is 2.59. The summed E-state index contributed by atoms with van der Waals surface area (Å²) in [6, 6.07) is 0. The highest BCUT2D eigenvalue weighted by Gasteiger charge is 2.37. The highest BCUT2D eigenvalue weighted by Crippen LogP contribution is 2.48. The third-order valence-electron chi connectivity index (χ3n) is 2.42. The Morgan fingerprint density at radius 1 is 1.33 bits per heavy atom. The lowest BCUT2D eigenvalue weighted by atomic mass is 9.87. The van der Waals surface area contributed by atoms with Crippen molar-refractivity contribution in [1.29, 1.82) is 0 Å². The van der Waals surface area contributed by atoms with E-state index in [-0.39, 0.29) is 19.5 Å². The van der Waals surface area contributed by atoms with Crippen LogP contribution < -0.4 is 5.32 Å². The predicted octanol–water partition coefficient (Wildman–Crippen LogP) is 1.01. The molecule has 0 aromatic rings. The van der Waals surface area contributed by atoms with Crippen molar-refractivity contribution >= 4 is 21.6 Å². The summed E-state index contributed by atoms with van der Waals surface area (Å²) in [5, 5.41) is 12.4. The topological polar surface area (TPSA) is 105 Å². The zero-order valence-electron chi connectivity index (χ0n) is 13.3. The predicted molar refractivity (Wildman–Crippen MR) is 80.0 cm³/mol. The van der Waals surface area contributed by atoms with Crippen LogP contribution in [0, 0.1) is 5.41 Å². The minimum Gasteiger partial charge on any atom is -0.383 e. The van der Waals surface area contributed by atoms with Crippen molar-refractivity contribution in [2.45, 2.75) is 52.6 Å². The lowest BCUT2D eigenvalue weighted by Gasteiger charge is -2.31. The van der Waals surface area contributed by atoms with Gasteiger partial charge in [-0.2, -0.15) is 0 Å². The number of amides is 1. The Morgan fingerprint density at radius 2 is 1.86 bits per heavy atom. The van der Waals surface area contributed by atoms with Crippen molar-refractivity contribution in [3.8, 4) is 0 Å². The number of phosphoric ester groups is 1. The summed E-state index contributed by atoms with van der Waals surface area (Å²) < 4.78 is 21.5. The Balaban J connectivity index is 4.60. The number of hydrogen-bond donors (Lipinski definition) is 3. The van der Waals surface area contributed by atoms with Gasteiger partial charge in [0.2, 0.25) is 5.91 Å². The number of nitrogens with one attached hydrogen (secondary N) is 1. The molecular weight excluding hydrogens is 296 g/mol. The van der Waals surface area contributed by atoms with E-state index in [4.69, 9.17) is 16.9 Å². The molecule has 122 valence electrons. The van der Waals surface area contributed by atoms with Gasteiger partial charge in [0.15, 0.2) is 0 Å². The summed E-state index contributed by atoms with van der Waals surface area (Å²) in [4.78, 5) is 21.3. The van der Waals surface area contributed by atoms with Crippen LogP contribution >= 0.6 is 7.82 Å². The van der Waals surface area contributed by atoms with Gasteiger partial charge in [-0.1, -0.05) is 20.2 Å². The first-order chi connectivity index (χ1) is 9.31. The van der Waals surface area contributed by atoms with Crippen LogP contribution in [0.2, 0.25) is 6.32 Å². The van der Waals surface area contributed by atoms with E-state index < -0.39 is 30.8 Å². The van der Waals surface area contributed by atoms with E-state index in [1.165, 1.54) is 13.8 Å². The number of carbonyl (C=O) groups excluding carboxylic acids is 1. The molecule has 0 heterocycles. The van der Waals surface area contributed by atoms with Gasteiger partial charge in [-0.25, -0.2) is 4.57 Å². The highest BCUT2D eigenvalue weighted by atomic mass is 31.2. The minimum atomic E-state index is -4.26. The first-order valence-corrected chi connectivity index (χ1v) is 8.14. The van der Waals surface area contributed by atoms with Gasteiger partial charge >= 0.3 is 7.82 Å². The van der Waals surface area contributed by atoms with Crippen molar-refractivity contribution in [2.75, 3.05) is 13.2 Å². The lowest BCUT2D eigenvalue weighted by molar-refractivity contribution is -0.137. The van der Waals surface area contributed by atoms with E-state index in [0.717, 1.165) is 0 Å². The van der Waals surface area contributed by atoms with Crippen LogP contribution in [-0.2, 0) is 18.4 Å². The average molecular weight is 321 g/mol. The Bertz CT molecular complexity index is 396. The van der Waals surface area contributed by atoms with Gasteiger partial charge in [0, 0.05) is 12.0 Å². The Morgan fingerprint density at radius 3 is 2.29 bits per heavy atom. The second-order valence-electron chi connectivity index (χ2n) is 6.42. The van der Waals surface area contributed by atoms with Crippen LogP contribution in [-0.4, -0.2) is 48.6 Å². The van der Waals surface area contributed by atoms with Gasteiger partial charge in [0.25, 0.3) is 0 Å². The zero-order chi connectivity index (χ0) is 16.9. The van der Waals surface area contributed by atoms with Crippen LogP contribution in [0.4, 0.5) is 0 Å². The third-order valence-corrected chi connectivity index (χ3v) is 3.65. The summed E-state index contributed by atoms with van der Waals surface area (Å²) in [6.07, 6.45) is -1.15. The van der Waals surface area contributed by atoms with Gasteiger partial charge in [-0.05, 0) is 20.8 Å². The third kappa shape index (κ3) is 8.58. The van der Waals surface area contributed by atoms with Gasteiger partial charge in [-0.15, -0.1) is 0 Å². The molecule has 7 nitrogen and oxygen atoms in total. The zero-order valence-corrected chi connectivity index (χ0v) is 14.1. The van der Waals surface area contributed by atoms with Gasteiger partial charge in [0.05, 0.1) is 20.1 Å². The molecule has 0 saturated carbocycles. The molecule has 21 heavy (non-hydrogen) atoms. The van der Waals surface area contributed by atoms with Crippen molar-refractivity contribution in [2.24, 2.45) is 5.41 Å². The first kappa shape index (κ1) is 20.6. The number of phosphoric acid groups is 1. The molecule has 0 aliphatic rings. The summed E-state index contributed by atoms with van der Waals surface area (Å²) >= 11 is 0. The molecule has 2 atom stereocenters. The van der Waals surface area contributed by atoms with E-state index in [1.807, 2.05) is 0 Å². The molecule has 0 saturated heterocycles. The largest absolute Gasteiger partial charge is 0.472 e. The highest BCUT2D eigenvalue weighted by molar-refractivity contribution is 7.47. The quantitative estimate of drug-likeness (QED) is 0.455. The molecule has 2 radical (unpaired) electrons. The summed E-state index contributed by atoms with van der Waals surface area (Å²) in [7, 11) is 0.989. The van der Waals surface area contributed by atoms with Crippen molar-refractivity contribution in [3.05, 3.63) is 0 Å². The maximum atomic E-state index is 11.8. The van der Waals surface area contributed by atoms with Gasteiger partial charge in [0.1, 0.15) is 6.10 Å². The first-order valence-electron chi connectivity index (χ1n) is 6.65. The maximum absolute atomic E-state index is 11.8. The normalized spacial score (nSPS) is 17.1. The smallest absolute Gasteiger partial charge is 0.383 e. The molecular formula is C12H25BNO6P. The monoisotopic (exact) mass is 321 g/mol. The fraction of sp³-hybridized carbons (Fsp3) is 0.917. The van der Waals surface area contributed by atoms with E-state index in [2.05, 4.69) is 5.32 Å². The summed E-state index contributed by atoms with van der Waals surface area (Å²) in [5.74, 6) is -0.612. The molecule has 0 fully saturated rings. The number of carbonyl (C=O) groups is 1. The average Bonchev–Trinajstić information content (AvgIpc) is 2.30. The number of rotatable bonds is 8. The SMILES string of the molecule is [B]CCNC(=O)C(O)C(C)(C)COP(=O)(O)OC(C)(C)C. The standard InChI is InChI=1S/C12H25BNO6P/c1-11(2,3)20-21(17,18)19-8-12(4,5)9(15)10(16)14-7-6-13/h9,15H,6-8H2,1-5H3,(H,14,16)(H,17,18). The number of aliphatic hydroxyl groups is 1. The van der Waals surface area contributed by atoms with Crippen LogP contribution in [0.3, 0.4) is 0 Å². The summed E-state index contributed by atoms with van der Waals surface area (Å²) in [5.41, 5.74) is -1.93. The van der Waals surface area contributed by atoms with E-state index in [0.29, 0.717) is 0 Å². The molecule has 0 aliphatic carbocycles. The maximum Gasteiger partial charge on any atom is 0.472 e. The molecule has 3 N–H and O–H groups in total. The summed E-state index contributed by atoms with van der Waals surface area (Å²) in [6.45, 7) is 7.82. The molecule has 0 aliphatic heterocycles. The van der Waals surface area contributed by atoms with Crippen LogP contribution in [0.5, 0.6) is 0 Å². The molecule has 0 aromatic carbocycles. The second kappa shape index (κ2) is 7.74. The van der Waals surface area contributed by atoms with E-state index >= 15 is 0 Å². The van der Waals surface area contributed by atoms with Crippen LogP contribution in [0.1, 0.15) is 34.6 Å². The van der Waals surface area contributed by atoms with Gasteiger partial charge in [-0.3, -0.25) is 13.8 Å². The number of aliphatic hydroxyl groups excluding tert-OH is 1.